The molecule has 4 aliphatic heterocycles. The third kappa shape index (κ3) is 7.43. The van der Waals surface area contributed by atoms with Gasteiger partial charge in [-0.15, -0.1) is 0 Å². The van der Waals surface area contributed by atoms with Crippen molar-refractivity contribution in [3.8, 4) is 17.0 Å². The number of amides is 2. The van der Waals surface area contributed by atoms with Crippen LogP contribution in [-0.4, -0.2) is 119 Å². The molecule has 5 fully saturated rings. The molecule has 9 rings (SSSR count). The highest BCUT2D eigenvalue weighted by Gasteiger charge is 2.62. The zero-order valence-electron chi connectivity index (χ0n) is 32.8. The molecule has 13 heteroatoms. The van der Waals surface area contributed by atoms with Gasteiger partial charge < -0.3 is 28.6 Å². The van der Waals surface area contributed by atoms with Crippen LogP contribution in [0.3, 0.4) is 0 Å². The van der Waals surface area contributed by atoms with Crippen molar-refractivity contribution in [1.82, 2.24) is 23.4 Å². The summed E-state index contributed by atoms with van der Waals surface area (Å²) in [7, 11) is 0.490. The van der Waals surface area contributed by atoms with Crippen molar-refractivity contribution in [3.63, 3.8) is 0 Å². The van der Waals surface area contributed by atoms with Crippen LogP contribution in [0.15, 0.2) is 36.4 Å². The Bertz CT molecular complexity index is 2030. The summed E-state index contributed by atoms with van der Waals surface area (Å²) >= 11 is 0. The van der Waals surface area contributed by atoms with Crippen LogP contribution in [0.5, 0.6) is 5.75 Å². The molecule has 55 heavy (non-hydrogen) atoms. The van der Waals surface area contributed by atoms with E-state index >= 15 is 4.79 Å². The third-order valence-corrected chi connectivity index (χ3v) is 14.4. The number of methoxy groups -OCH3 is 1. The first kappa shape index (κ1) is 38.4. The summed E-state index contributed by atoms with van der Waals surface area (Å²) in [6, 6.07) is 12.0. The second-order valence-corrected chi connectivity index (χ2v) is 18.7. The summed E-state index contributed by atoms with van der Waals surface area (Å²) in [4.78, 5) is 33.6. The van der Waals surface area contributed by atoms with Gasteiger partial charge in [-0.1, -0.05) is 25.3 Å². The fourth-order valence-corrected chi connectivity index (χ4v) is 10.6. The Balaban J connectivity index is 1.23. The van der Waals surface area contributed by atoms with Crippen LogP contribution in [0, 0.1) is 23.2 Å². The highest BCUT2D eigenvalue weighted by atomic mass is 32.2. The summed E-state index contributed by atoms with van der Waals surface area (Å²) in [6.45, 7) is 9.20. The molecule has 298 valence electrons. The van der Waals surface area contributed by atoms with E-state index in [4.69, 9.17) is 14.2 Å². The molecule has 0 spiro atoms. The number of aromatic nitrogens is 1. The van der Waals surface area contributed by atoms with Crippen LogP contribution < -0.4 is 9.46 Å². The SMILES string of the molecule is CCOCCN1C[C@H]2COC[C@@H](C1)CN(C(=O)[C@]13C[C@H]1Cc1cc(OC)ccc1-c1c(C4CCCCC4)c4ccc(C(=O)NS(=O)(=O)N(C)C)cc4n1C3)C2. The minimum atomic E-state index is -4.00. The zero-order valence-corrected chi connectivity index (χ0v) is 33.7. The molecular weight excluding hydrogens is 719 g/mol. The van der Waals surface area contributed by atoms with E-state index in [9.17, 15) is 13.2 Å². The lowest BCUT2D eigenvalue weighted by Gasteiger charge is -2.42. The predicted octanol–water partition coefficient (Wildman–Crippen LogP) is 4.91. The van der Waals surface area contributed by atoms with E-state index in [2.05, 4.69) is 31.2 Å². The van der Waals surface area contributed by atoms with Crippen molar-refractivity contribution in [2.24, 2.45) is 23.2 Å². The maximum atomic E-state index is 15.3. The fraction of sp³-hybridized carbons (Fsp3) is 0.619. The third-order valence-electron chi connectivity index (χ3n) is 13.0. The maximum absolute atomic E-state index is 15.3. The van der Waals surface area contributed by atoms with E-state index in [-0.39, 0.29) is 29.2 Å². The molecule has 2 aromatic carbocycles. The molecule has 4 atom stereocenters. The summed E-state index contributed by atoms with van der Waals surface area (Å²) in [5.74, 6) is 1.24. The molecule has 2 aliphatic carbocycles. The van der Waals surface area contributed by atoms with E-state index in [1.807, 2.05) is 25.1 Å². The summed E-state index contributed by atoms with van der Waals surface area (Å²) in [5.41, 5.74) is 5.26. The molecule has 2 amide bonds. The van der Waals surface area contributed by atoms with E-state index in [0.717, 1.165) is 90.4 Å². The van der Waals surface area contributed by atoms with Gasteiger partial charge in [0.25, 0.3) is 5.91 Å². The van der Waals surface area contributed by atoms with Crippen molar-refractivity contribution in [3.05, 3.63) is 53.1 Å². The lowest BCUT2D eigenvalue weighted by Crippen LogP contribution is -2.54. The molecule has 5 heterocycles. The van der Waals surface area contributed by atoms with Gasteiger partial charge in [-0.25, -0.2) is 4.72 Å². The smallest absolute Gasteiger partial charge is 0.303 e. The normalized spacial score (nSPS) is 25.9. The molecule has 2 saturated carbocycles. The Morgan fingerprint density at radius 2 is 1.75 bits per heavy atom. The van der Waals surface area contributed by atoms with Crippen molar-refractivity contribution < 1.29 is 32.2 Å². The molecule has 1 aromatic heterocycles. The van der Waals surface area contributed by atoms with Gasteiger partial charge in [0.15, 0.2) is 0 Å². The Morgan fingerprint density at radius 3 is 2.44 bits per heavy atom. The molecule has 1 N–H and O–H groups in total. The first-order valence-electron chi connectivity index (χ1n) is 20.3. The Labute approximate surface area is 325 Å². The van der Waals surface area contributed by atoms with Crippen LogP contribution in [0.4, 0.5) is 0 Å². The molecule has 12 nitrogen and oxygen atoms in total. The first-order valence-corrected chi connectivity index (χ1v) is 21.7. The first-order chi connectivity index (χ1) is 26.5. The number of hydrogen-bond acceptors (Lipinski definition) is 8. The number of benzene rings is 2. The molecule has 3 saturated heterocycles. The summed E-state index contributed by atoms with van der Waals surface area (Å²) in [5, 5.41) is 1.07. The van der Waals surface area contributed by atoms with Crippen molar-refractivity contribution in [2.75, 3.05) is 80.4 Å². The van der Waals surface area contributed by atoms with E-state index in [1.54, 1.807) is 13.2 Å². The summed E-state index contributed by atoms with van der Waals surface area (Å²) < 4.78 is 48.6. The van der Waals surface area contributed by atoms with Crippen LogP contribution in [-0.2, 0) is 37.4 Å². The van der Waals surface area contributed by atoms with Crippen LogP contribution in [0.25, 0.3) is 22.2 Å². The van der Waals surface area contributed by atoms with Crippen LogP contribution in [0.1, 0.15) is 72.9 Å². The second kappa shape index (κ2) is 15.5. The van der Waals surface area contributed by atoms with Gasteiger partial charge in [-0.3, -0.25) is 9.59 Å². The number of carbonyl (C=O) groups is 2. The zero-order chi connectivity index (χ0) is 38.5. The minimum absolute atomic E-state index is 0.149. The quantitative estimate of drug-likeness (QED) is 0.289. The largest absolute Gasteiger partial charge is 0.497 e. The van der Waals surface area contributed by atoms with E-state index < -0.39 is 21.5 Å². The molecule has 0 radical (unpaired) electrons. The van der Waals surface area contributed by atoms with Gasteiger partial charge in [0.2, 0.25) is 5.91 Å². The number of rotatable bonds is 10. The molecule has 0 unspecified atom stereocenters. The lowest BCUT2D eigenvalue weighted by atomic mass is 9.80. The Kier molecular flexibility index (Phi) is 10.8. The molecule has 6 aliphatic rings. The molecule has 3 aromatic rings. The average molecular weight is 776 g/mol. The predicted molar refractivity (Wildman–Crippen MR) is 211 cm³/mol. The highest BCUT2D eigenvalue weighted by Crippen LogP contribution is 2.60. The van der Waals surface area contributed by atoms with Gasteiger partial charge in [-0.2, -0.15) is 12.7 Å². The van der Waals surface area contributed by atoms with Gasteiger partial charge in [0, 0.05) is 93.8 Å². The second-order valence-electron chi connectivity index (χ2n) is 16.9. The van der Waals surface area contributed by atoms with Gasteiger partial charge in [0.1, 0.15) is 5.75 Å². The Morgan fingerprint density at radius 1 is 1.00 bits per heavy atom. The fourth-order valence-electron chi connectivity index (χ4n) is 10.1. The average Bonchev–Trinajstić information content (AvgIpc) is 3.73. The van der Waals surface area contributed by atoms with Crippen molar-refractivity contribution in [1.29, 1.82) is 0 Å². The highest BCUT2D eigenvalue weighted by molar-refractivity contribution is 7.87. The topological polar surface area (TPSA) is 123 Å². The molecule has 2 bridgehead atoms. The number of hydrogen-bond donors (Lipinski definition) is 1. The number of fused-ring (bicyclic) bond motifs is 12. The maximum Gasteiger partial charge on any atom is 0.303 e. The van der Waals surface area contributed by atoms with Crippen molar-refractivity contribution in [2.45, 2.75) is 64.3 Å². The monoisotopic (exact) mass is 775 g/mol. The number of ether oxygens (including phenoxy) is 3. The minimum Gasteiger partial charge on any atom is -0.497 e. The van der Waals surface area contributed by atoms with Gasteiger partial charge in [0.05, 0.1) is 38.0 Å². The van der Waals surface area contributed by atoms with Gasteiger partial charge in [-0.05, 0) is 85.9 Å². The Hall–Kier alpha value is -3.49. The van der Waals surface area contributed by atoms with E-state index in [1.165, 1.54) is 31.6 Å². The van der Waals surface area contributed by atoms with Crippen LogP contribution >= 0.6 is 0 Å². The lowest BCUT2D eigenvalue weighted by molar-refractivity contribution is -0.143. The van der Waals surface area contributed by atoms with Crippen LogP contribution in [0.2, 0.25) is 0 Å². The number of carbonyl (C=O) groups excluding carboxylic acids is 2. The number of nitrogens with one attached hydrogen (secondary N) is 1. The van der Waals surface area contributed by atoms with Gasteiger partial charge >= 0.3 is 10.2 Å². The molecular formula is C42H57N5O7S. The standard InChI is InChI=1S/C42H57N5O7S/c1-5-53-16-15-45-21-28-23-46(24-29(22-45)26-54-25-28)41(49)42-20-33(42)17-32-18-34(52-4)12-14-35(32)39-38(30-9-7-6-8-10-30)36-13-11-31(19-37(36)47(39)27-42)40(48)43-55(50,51)44(2)3/h11-14,18-19,28-30,33H,5-10,15-17,20-27H2,1-4H3,(H,43,48)/t28-,29+,33-,42+/m1/s1. The number of nitrogens with zero attached hydrogens (tertiary/aromatic N) is 4. The van der Waals surface area contributed by atoms with E-state index in [0.29, 0.717) is 52.0 Å². The summed E-state index contributed by atoms with van der Waals surface area (Å²) in [6.07, 6.45) is 7.25. The van der Waals surface area contributed by atoms with Crippen molar-refractivity contribution >= 4 is 32.9 Å².